The molecule has 3 aromatic carbocycles. The van der Waals surface area contributed by atoms with Crippen LogP contribution in [0, 0.1) is 19.8 Å². The van der Waals surface area contributed by atoms with E-state index in [1.54, 1.807) is 4.90 Å². The molecule has 1 aliphatic rings. The smallest absolute Gasteiger partial charge is 0.318 e. The summed E-state index contributed by atoms with van der Waals surface area (Å²) in [4.78, 5) is 42.1. The van der Waals surface area contributed by atoms with Crippen LogP contribution in [-0.4, -0.2) is 72.8 Å². The number of hydrogen-bond acceptors (Lipinski definition) is 5. The summed E-state index contributed by atoms with van der Waals surface area (Å²) in [6, 6.07) is 24.4. The average molecular weight is 671 g/mol. The molecule has 3 aromatic rings. The molecule has 1 heterocycles. The highest BCUT2D eigenvalue weighted by molar-refractivity contribution is 5.87. The minimum absolute atomic E-state index is 0.0917. The van der Waals surface area contributed by atoms with Gasteiger partial charge < -0.3 is 30.3 Å². The number of benzene rings is 3. The molecule has 0 spiro atoms. The molecule has 0 unspecified atom stereocenters. The highest BCUT2D eigenvalue weighted by Gasteiger charge is 2.36. The SMILES string of the molecule is Cc1cccc(C)c1OCC(=O)N[C@@H](Cc1ccccc1)[C@H](C[C@H](Cc1ccccc1)NC(=O)[C@H](C(C)C)N1CCCNC1=O)OC(C)C. The van der Waals surface area contributed by atoms with Gasteiger partial charge in [-0.1, -0.05) is 92.7 Å². The molecule has 1 saturated heterocycles. The van der Waals surface area contributed by atoms with Gasteiger partial charge in [0.05, 0.1) is 18.2 Å². The Labute approximate surface area is 292 Å². The van der Waals surface area contributed by atoms with Gasteiger partial charge in [0, 0.05) is 19.1 Å². The van der Waals surface area contributed by atoms with E-state index in [1.165, 1.54) is 0 Å². The van der Waals surface area contributed by atoms with E-state index >= 15 is 0 Å². The van der Waals surface area contributed by atoms with Crippen molar-refractivity contribution in [3.05, 3.63) is 101 Å². The number of urea groups is 1. The number of nitrogens with zero attached hydrogens (tertiary/aromatic N) is 1. The van der Waals surface area contributed by atoms with Crippen LogP contribution in [0.2, 0.25) is 0 Å². The lowest BCUT2D eigenvalue weighted by Gasteiger charge is -2.38. The second-order valence-electron chi connectivity index (χ2n) is 13.7. The fourth-order valence-corrected chi connectivity index (χ4v) is 6.60. The average Bonchev–Trinajstić information content (AvgIpc) is 3.05. The normalized spacial score (nSPS) is 15.7. The van der Waals surface area contributed by atoms with Crippen LogP contribution < -0.4 is 20.7 Å². The lowest BCUT2D eigenvalue weighted by molar-refractivity contribution is -0.129. The van der Waals surface area contributed by atoms with E-state index in [0.717, 1.165) is 28.7 Å². The van der Waals surface area contributed by atoms with Crippen LogP contribution in [-0.2, 0) is 27.2 Å². The maximum Gasteiger partial charge on any atom is 0.318 e. The van der Waals surface area contributed by atoms with Gasteiger partial charge in [0.2, 0.25) is 5.91 Å². The molecule has 9 heteroatoms. The number of ether oxygens (including phenoxy) is 2. The lowest BCUT2D eigenvalue weighted by Crippen LogP contribution is -2.59. The molecule has 4 amide bonds. The van der Waals surface area contributed by atoms with E-state index < -0.39 is 18.2 Å². The van der Waals surface area contributed by atoms with E-state index in [9.17, 15) is 14.4 Å². The Morgan fingerprint density at radius 3 is 2.02 bits per heavy atom. The summed E-state index contributed by atoms with van der Waals surface area (Å²) in [6.45, 7) is 12.8. The van der Waals surface area contributed by atoms with Crippen molar-refractivity contribution in [3.63, 3.8) is 0 Å². The molecule has 0 aromatic heterocycles. The summed E-state index contributed by atoms with van der Waals surface area (Å²) in [5.74, 6) is 0.174. The standard InChI is InChI=1S/C40H54N4O5/c1-27(2)37(44-22-14-21-41-40(44)47)39(46)42-33(23-31-17-9-7-10-18-31)25-35(49-28(3)4)34(24-32-19-11-8-12-20-32)43-36(45)26-48-38-29(5)15-13-16-30(38)6/h7-13,15-20,27-28,33-35,37H,14,21-26H2,1-6H3,(H,41,47)(H,42,46)(H,43,45)/t33-,34-,35-,37-/m0/s1. The van der Waals surface area contributed by atoms with Crippen LogP contribution in [0.15, 0.2) is 78.9 Å². The van der Waals surface area contributed by atoms with E-state index in [4.69, 9.17) is 9.47 Å². The van der Waals surface area contributed by atoms with Gasteiger partial charge in [-0.15, -0.1) is 0 Å². The number of nitrogens with one attached hydrogen (secondary N) is 3. The van der Waals surface area contributed by atoms with E-state index in [-0.39, 0.29) is 42.5 Å². The van der Waals surface area contributed by atoms with Gasteiger partial charge in [0.1, 0.15) is 11.8 Å². The van der Waals surface area contributed by atoms with Crippen LogP contribution in [0.5, 0.6) is 5.75 Å². The Kier molecular flexibility index (Phi) is 14.1. The summed E-state index contributed by atoms with van der Waals surface area (Å²) in [7, 11) is 0. The van der Waals surface area contributed by atoms with E-state index in [2.05, 4.69) is 16.0 Å². The Morgan fingerprint density at radius 2 is 1.45 bits per heavy atom. The van der Waals surface area contributed by atoms with E-state index in [0.29, 0.717) is 38.1 Å². The van der Waals surface area contributed by atoms with Gasteiger partial charge in [0.25, 0.3) is 5.91 Å². The molecule has 1 aliphatic heterocycles. The molecule has 264 valence electrons. The van der Waals surface area contributed by atoms with Gasteiger partial charge in [0.15, 0.2) is 6.61 Å². The van der Waals surface area contributed by atoms with Gasteiger partial charge >= 0.3 is 6.03 Å². The minimum atomic E-state index is -0.620. The first-order valence-electron chi connectivity index (χ1n) is 17.6. The molecule has 0 aliphatic carbocycles. The van der Waals surface area contributed by atoms with Crippen molar-refractivity contribution in [2.45, 2.75) is 97.6 Å². The minimum Gasteiger partial charge on any atom is -0.483 e. The quantitative estimate of drug-likeness (QED) is 0.169. The van der Waals surface area contributed by atoms with Crippen molar-refractivity contribution >= 4 is 17.8 Å². The van der Waals surface area contributed by atoms with Crippen molar-refractivity contribution < 1.29 is 23.9 Å². The monoisotopic (exact) mass is 670 g/mol. The van der Waals surface area contributed by atoms with Crippen LogP contribution in [0.1, 0.15) is 62.8 Å². The first kappa shape index (κ1) is 37.4. The summed E-state index contributed by atoms with van der Waals surface area (Å²) < 4.78 is 12.6. The zero-order valence-corrected chi connectivity index (χ0v) is 29.9. The molecule has 9 nitrogen and oxygen atoms in total. The lowest BCUT2D eigenvalue weighted by atomic mass is 9.92. The molecule has 0 saturated carbocycles. The first-order valence-corrected chi connectivity index (χ1v) is 17.6. The van der Waals surface area contributed by atoms with Crippen molar-refractivity contribution in [2.24, 2.45) is 5.92 Å². The van der Waals surface area contributed by atoms with Gasteiger partial charge in [-0.2, -0.15) is 0 Å². The van der Waals surface area contributed by atoms with E-state index in [1.807, 2.05) is 120 Å². The number of hydrogen-bond donors (Lipinski definition) is 3. The second-order valence-corrected chi connectivity index (χ2v) is 13.7. The third kappa shape index (κ3) is 11.3. The maximum absolute atomic E-state index is 14.1. The Hall–Kier alpha value is -4.37. The number of aryl methyl sites for hydroxylation is 2. The molecule has 0 bridgehead atoms. The molecule has 1 fully saturated rings. The van der Waals surface area contributed by atoms with Crippen molar-refractivity contribution in [2.75, 3.05) is 19.7 Å². The number of amides is 4. The summed E-state index contributed by atoms with van der Waals surface area (Å²) in [5, 5.41) is 9.45. The zero-order valence-electron chi connectivity index (χ0n) is 29.9. The van der Waals surface area contributed by atoms with Gasteiger partial charge in [-0.05, 0) is 81.5 Å². The Balaban J connectivity index is 1.61. The predicted molar refractivity (Wildman–Crippen MR) is 194 cm³/mol. The van der Waals surface area contributed by atoms with Crippen LogP contribution in [0.4, 0.5) is 4.79 Å². The molecule has 0 radical (unpaired) electrons. The molecule has 3 N–H and O–H groups in total. The van der Waals surface area contributed by atoms with Crippen molar-refractivity contribution in [1.82, 2.24) is 20.9 Å². The fourth-order valence-electron chi connectivity index (χ4n) is 6.60. The van der Waals surface area contributed by atoms with Crippen molar-refractivity contribution in [3.8, 4) is 5.75 Å². The number of rotatable bonds is 17. The Bertz CT molecular complexity index is 1480. The maximum atomic E-state index is 14.1. The molecule has 4 rings (SSSR count). The van der Waals surface area contributed by atoms with Crippen LogP contribution >= 0.6 is 0 Å². The number of carbonyl (C=O) groups excluding carboxylic acids is 3. The fraction of sp³-hybridized carbons (Fsp3) is 0.475. The largest absolute Gasteiger partial charge is 0.483 e. The molecule has 49 heavy (non-hydrogen) atoms. The number of carbonyl (C=O) groups is 3. The Morgan fingerprint density at radius 1 is 0.837 bits per heavy atom. The topological polar surface area (TPSA) is 109 Å². The van der Waals surface area contributed by atoms with Crippen molar-refractivity contribution in [1.29, 1.82) is 0 Å². The highest BCUT2D eigenvalue weighted by atomic mass is 16.5. The molecular formula is C40H54N4O5. The van der Waals surface area contributed by atoms with Crippen LogP contribution in [0.3, 0.4) is 0 Å². The highest BCUT2D eigenvalue weighted by Crippen LogP contribution is 2.23. The predicted octanol–water partition coefficient (Wildman–Crippen LogP) is 5.76. The van der Waals surface area contributed by atoms with Gasteiger partial charge in [-0.3, -0.25) is 9.59 Å². The summed E-state index contributed by atoms with van der Waals surface area (Å²) >= 11 is 0. The van der Waals surface area contributed by atoms with Gasteiger partial charge in [-0.25, -0.2) is 4.79 Å². The second kappa shape index (κ2) is 18.4. The zero-order chi connectivity index (χ0) is 35.3. The number of para-hydroxylation sites is 1. The molecular weight excluding hydrogens is 616 g/mol. The summed E-state index contributed by atoms with van der Waals surface area (Å²) in [6.07, 6.45) is 1.72. The molecule has 4 atom stereocenters. The third-order valence-corrected chi connectivity index (χ3v) is 8.83. The first-order chi connectivity index (χ1) is 23.5. The summed E-state index contributed by atoms with van der Waals surface area (Å²) in [5.41, 5.74) is 4.06. The van der Waals surface area contributed by atoms with Crippen LogP contribution in [0.25, 0.3) is 0 Å². The third-order valence-electron chi connectivity index (χ3n) is 8.83.